The summed E-state index contributed by atoms with van der Waals surface area (Å²) < 4.78 is 0. The van der Waals surface area contributed by atoms with Crippen LogP contribution < -0.4 is 11.1 Å². The quantitative estimate of drug-likeness (QED) is 0.828. The van der Waals surface area contributed by atoms with E-state index in [9.17, 15) is 4.79 Å². The Morgan fingerprint density at radius 2 is 1.74 bits per heavy atom. The van der Waals surface area contributed by atoms with E-state index in [1.54, 1.807) is 0 Å². The highest BCUT2D eigenvalue weighted by Gasteiger charge is 2.30. The first-order chi connectivity index (χ1) is 8.96. The molecule has 0 aliphatic heterocycles. The Bertz CT molecular complexity index is 407. The zero-order chi connectivity index (χ0) is 14.5. The molecule has 1 atom stereocenters. The van der Waals surface area contributed by atoms with E-state index in [0.29, 0.717) is 12.8 Å². The summed E-state index contributed by atoms with van der Waals surface area (Å²) in [5.74, 6) is -0.0652. The van der Waals surface area contributed by atoms with Gasteiger partial charge in [-0.25, -0.2) is 0 Å². The van der Waals surface area contributed by atoms with Crippen LogP contribution in [0, 0.1) is 0 Å². The number of rotatable bonds is 6. The monoisotopic (exact) mass is 262 g/mol. The van der Waals surface area contributed by atoms with Gasteiger partial charge in [-0.15, -0.1) is 0 Å². The average Bonchev–Trinajstić information content (AvgIpc) is 2.46. The topological polar surface area (TPSA) is 55.1 Å². The van der Waals surface area contributed by atoms with Gasteiger partial charge < -0.3 is 11.1 Å². The second kappa shape index (κ2) is 6.71. The van der Waals surface area contributed by atoms with Crippen molar-refractivity contribution in [1.82, 2.24) is 5.32 Å². The summed E-state index contributed by atoms with van der Waals surface area (Å²) in [6.45, 7) is 8.02. The fraction of sp³-hybridized carbons (Fsp3) is 0.562. The van der Waals surface area contributed by atoms with E-state index >= 15 is 0 Å². The van der Waals surface area contributed by atoms with Crippen LogP contribution in [0.2, 0.25) is 0 Å². The number of aryl methyl sites for hydroxylation is 1. The van der Waals surface area contributed by atoms with Crippen molar-refractivity contribution in [1.29, 1.82) is 0 Å². The number of nitrogens with one attached hydrogen (secondary N) is 1. The van der Waals surface area contributed by atoms with Crippen molar-refractivity contribution in [3.63, 3.8) is 0 Å². The van der Waals surface area contributed by atoms with Gasteiger partial charge in [-0.3, -0.25) is 4.79 Å². The SMILES string of the molecule is CCc1ccc(C(C)NC(=O)C(N)(CC)CC)cc1. The number of hydrogen-bond acceptors (Lipinski definition) is 2. The second-order valence-corrected chi connectivity index (χ2v) is 5.15. The summed E-state index contributed by atoms with van der Waals surface area (Å²) in [5.41, 5.74) is 7.76. The standard InChI is InChI=1S/C16H26N2O/c1-5-13-8-10-14(11-9-13)12(4)18-15(19)16(17,6-2)7-3/h8-12H,5-7,17H2,1-4H3,(H,18,19). The Hall–Kier alpha value is -1.35. The van der Waals surface area contributed by atoms with Crippen LogP contribution in [0.1, 0.15) is 57.7 Å². The summed E-state index contributed by atoms with van der Waals surface area (Å²) in [7, 11) is 0. The van der Waals surface area contributed by atoms with Crippen LogP contribution in [0.25, 0.3) is 0 Å². The van der Waals surface area contributed by atoms with Crippen molar-refractivity contribution in [2.75, 3.05) is 0 Å². The number of benzene rings is 1. The van der Waals surface area contributed by atoms with Crippen molar-refractivity contribution < 1.29 is 4.79 Å². The van der Waals surface area contributed by atoms with Crippen molar-refractivity contribution in [2.24, 2.45) is 5.73 Å². The molecule has 0 aliphatic carbocycles. The van der Waals surface area contributed by atoms with E-state index < -0.39 is 5.54 Å². The van der Waals surface area contributed by atoms with Gasteiger partial charge in [-0.05, 0) is 37.3 Å². The van der Waals surface area contributed by atoms with Crippen molar-refractivity contribution in [3.05, 3.63) is 35.4 Å². The van der Waals surface area contributed by atoms with Crippen LogP contribution in [0.4, 0.5) is 0 Å². The number of amides is 1. The highest BCUT2D eigenvalue weighted by atomic mass is 16.2. The van der Waals surface area contributed by atoms with Gasteiger partial charge in [0.2, 0.25) is 5.91 Å². The lowest BCUT2D eigenvalue weighted by Gasteiger charge is -2.27. The van der Waals surface area contributed by atoms with Crippen molar-refractivity contribution in [3.8, 4) is 0 Å². The van der Waals surface area contributed by atoms with Crippen LogP contribution in [0.5, 0.6) is 0 Å². The first-order valence-electron chi connectivity index (χ1n) is 7.15. The van der Waals surface area contributed by atoms with Gasteiger partial charge in [0.1, 0.15) is 0 Å². The molecule has 106 valence electrons. The Labute approximate surface area is 116 Å². The van der Waals surface area contributed by atoms with Crippen LogP contribution in [0.15, 0.2) is 24.3 Å². The minimum absolute atomic E-state index is 0.0144. The molecule has 19 heavy (non-hydrogen) atoms. The molecule has 1 unspecified atom stereocenters. The van der Waals surface area contributed by atoms with Gasteiger partial charge in [0.15, 0.2) is 0 Å². The maximum Gasteiger partial charge on any atom is 0.240 e. The maximum absolute atomic E-state index is 12.2. The molecule has 0 saturated heterocycles. The van der Waals surface area contributed by atoms with Gasteiger partial charge in [-0.2, -0.15) is 0 Å². The fourth-order valence-corrected chi connectivity index (χ4v) is 2.04. The Kier molecular flexibility index (Phi) is 5.55. The molecule has 0 bridgehead atoms. The molecule has 3 nitrogen and oxygen atoms in total. The number of carbonyl (C=O) groups excluding carboxylic acids is 1. The first kappa shape index (κ1) is 15.7. The third-order valence-corrected chi connectivity index (χ3v) is 3.95. The molecule has 3 heteroatoms. The minimum atomic E-state index is -0.752. The predicted octanol–water partition coefficient (Wildman–Crippen LogP) is 2.94. The highest BCUT2D eigenvalue weighted by Crippen LogP contribution is 2.17. The number of carbonyl (C=O) groups is 1. The zero-order valence-corrected chi connectivity index (χ0v) is 12.5. The molecule has 0 aromatic heterocycles. The molecule has 1 amide bonds. The lowest BCUT2D eigenvalue weighted by atomic mass is 9.92. The largest absolute Gasteiger partial charge is 0.348 e. The highest BCUT2D eigenvalue weighted by molar-refractivity contribution is 5.86. The van der Waals surface area contributed by atoms with Crippen molar-refractivity contribution in [2.45, 2.75) is 58.5 Å². The summed E-state index contributed by atoms with van der Waals surface area (Å²) in [6.07, 6.45) is 2.33. The average molecular weight is 262 g/mol. The molecule has 1 rings (SSSR count). The predicted molar refractivity (Wildman–Crippen MR) is 79.9 cm³/mol. The smallest absolute Gasteiger partial charge is 0.240 e. The second-order valence-electron chi connectivity index (χ2n) is 5.15. The lowest BCUT2D eigenvalue weighted by Crippen LogP contribution is -2.53. The summed E-state index contributed by atoms with van der Waals surface area (Å²) >= 11 is 0. The molecule has 0 fully saturated rings. The zero-order valence-electron chi connectivity index (χ0n) is 12.5. The molecule has 0 saturated carbocycles. The van der Waals surface area contributed by atoms with E-state index in [2.05, 4.69) is 36.5 Å². The Morgan fingerprint density at radius 1 is 1.21 bits per heavy atom. The molecule has 3 N–H and O–H groups in total. The molecule has 0 heterocycles. The molecule has 0 aliphatic rings. The minimum Gasteiger partial charge on any atom is -0.348 e. The number of nitrogens with two attached hydrogens (primary N) is 1. The van der Waals surface area contributed by atoms with Gasteiger partial charge in [0, 0.05) is 0 Å². The third-order valence-electron chi connectivity index (χ3n) is 3.95. The molecule has 1 aromatic rings. The van der Waals surface area contributed by atoms with Crippen LogP contribution in [-0.2, 0) is 11.2 Å². The number of hydrogen-bond donors (Lipinski definition) is 2. The van der Waals surface area contributed by atoms with E-state index in [1.807, 2.05) is 20.8 Å². The van der Waals surface area contributed by atoms with Crippen LogP contribution in [-0.4, -0.2) is 11.4 Å². The van der Waals surface area contributed by atoms with E-state index in [4.69, 9.17) is 5.73 Å². The van der Waals surface area contributed by atoms with E-state index in [1.165, 1.54) is 5.56 Å². The van der Waals surface area contributed by atoms with Crippen LogP contribution >= 0.6 is 0 Å². The van der Waals surface area contributed by atoms with E-state index in [0.717, 1.165) is 12.0 Å². The van der Waals surface area contributed by atoms with Gasteiger partial charge in [-0.1, -0.05) is 45.0 Å². The van der Waals surface area contributed by atoms with E-state index in [-0.39, 0.29) is 11.9 Å². The van der Waals surface area contributed by atoms with Crippen molar-refractivity contribution >= 4 is 5.91 Å². The lowest BCUT2D eigenvalue weighted by molar-refractivity contribution is -0.127. The normalized spacial score (nSPS) is 13.1. The van der Waals surface area contributed by atoms with Gasteiger partial charge >= 0.3 is 0 Å². The fourth-order valence-electron chi connectivity index (χ4n) is 2.04. The summed E-state index contributed by atoms with van der Waals surface area (Å²) in [6, 6.07) is 8.33. The molecule has 0 radical (unpaired) electrons. The first-order valence-corrected chi connectivity index (χ1v) is 7.15. The summed E-state index contributed by atoms with van der Waals surface area (Å²) in [5, 5.41) is 3.01. The van der Waals surface area contributed by atoms with Crippen LogP contribution in [0.3, 0.4) is 0 Å². The molecule has 1 aromatic carbocycles. The Balaban J connectivity index is 2.73. The molecular weight excluding hydrogens is 236 g/mol. The molecular formula is C16H26N2O. The van der Waals surface area contributed by atoms with Gasteiger partial charge in [0.25, 0.3) is 0 Å². The summed E-state index contributed by atoms with van der Waals surface area (Å²) in [4.78, 5) is 12.2. The maximum atomic E-state index is 12.2. The third kappa shape index (κ3) is 3.80. The van der Waals surface area contributed by atoms with Gasteiger partial charge in [0.05, 0.1) is 11.6 Å². The Morgan fingerprint density at radius 3 is 2.16 bits per heavy atom. The molecule has 0 spiro atoms.